The topological polar surface area (TPSA) is 114 Å². The number of aryl methyl sites for hydroxylation is 1. The predicted octanol–water partition coefficient (Wildman–Crippen LogP) is 2.28. The molecule has 2 heterocycles. The molecule has 0 spiro atoms. The zero-order valence-electron chi connectivity index (χ0n) is 14.9. The number of rotatable bonds is 5. The van der Waals surface area contributed by atoms with E-state index in [-0.39, 0.29) is 5.56 Å². The smallest absolute Gasteiger partial charge is 0.263 e. The van der Waals surface area contributed by atoms with Gasteiger partial charge in [-0.2, -0.15) is 5.26 Å². The second-order valence-corrected chi connectivity index (χ2v) is 6.89. The van der Waals surface area contributed by atoms with E-state index in [1.165, 1.54) is 6.20 Å². The number of amides is 1. The van der Waals surface area contributed by atoms with E-state index in [1.807, 2.05) is 19.1 Å². The van der Waals surface area contributed by atoms with Crippen LogP contribution in [0.3, 0.4) is 0 Å². The molecule has 0 atom stereocenters. The molecule has 0 saturated heterocycles. The van der Waals surface area contributed by atoms with Gasteiger partial charge < -0.3 is 15.3 Å². The van der Waals surface area contributed by atoms with E-state index in [9.17, 15) is 9.59 Å². The number of aromatic nitrogens is 3. The van der Waals surface area contributed by atoms with Crippen LogP contribution in [-0.4, -0.2) is 27.4 Å². The number of nitriles is 1. The molecule has 0 bridgehead atoms. The zero-order chi connectivity index (χ0) is 19.0. The van der Waals surface area contributed by atoms with E-state index in [2.05, 4.69) is 26.3 Å². The van der Waals surface area contributed by atoms with Gasteiger partial charge in [-0.05, 0) is 49.9 Å². The second kappa shape index (κ2) is 6.72. The molecule has 27 heavy (non-hydrogen) atoms. The number of benzene rings is 1. The maximum atomic E-state index is 12.3. The Morgan fingerprint density at radius 2 is 2.19 bits per heavy atom. The minimum atomic E-state index is -0.429. The van der Waals surface area contributed by atoms with Crippen LogP contribution in [0.2, 0.25) is 0 Å². The zero-order valence-corrected chi connectivity index (χ0v) is 14.9. The molecular formula is C20H19N5O2. The third-order valence-electron chi connectivity index (χ3n) is 4.94. The van der Waals surface area contributed by atoms with E-state index in [0.29, 0.717) is 30.3 Å². The van der Waals surface area contributed by atoms with Crippen molar-refractivity contribution in [2.24, 2.45) is 0 Å². The average molecular weight is 361 g/mol. The molecule has 3 N–H and O–H groups in total. The van der Waals surface area contributed by atoms with E-state index < -0.39 is 11.5 Å². The maximum absolute atomic E-state index is 12.3. The predicted molar refractivity (Wildman–Crippen MR) is 101 cm³/mol. The van der Waals surface area contributed by atoms with Gasteiger partial charge in [-0.1, -0.05) is 0 Å². The van der Waals surface area contributed by atoms with Crippen molar-refractivity contribution in [3.8, 4) is 6.07 Å². The molecule has 7 nitrogen and oxygen atoms in total. The van der Waals surface area contributed by atoms with Crippen molar-refractivity contribution in [3.05, 3.63) is 63.0 Å². The maximum Gasteiger partial charge on any atom is 0.263 e. The molecule has 1 amide bonds. The highest BCUT2D eigenvalue weighted by atomic mass is 16.2. The van der Waals surface area contributed by atoms with Crippen LogP contribution in [0.5, 0.6) is 0 Å². The lowest BCUT2D eigenvalue weighted by atomic mass is 10.1. The molecule has 1 aliphatic carbocycles. The van der Waals surface area contributed by atoms with Crippen LogP contribution in [0, 0.1) is 18.3 Å². The first-order valence-corrected chi connectivity index (χ1v) is 8.95. The molecule has 0 unspecified atom stereocenters. The summed E-state index contributed by atoms with van der Waals surface area (Å²) < 4.78 is 0. The average Bonchev–Trinajstić information content (AvgIpc) is 3.46. The van der Waals surface area contributed by atoms with Crippen LogP contribution in [0.1, 0.15) is 51.8 Å². The van der Waals surface area contributed by atoms with Crippen molar-refractivity contribution >= 4 is 16.8 Å². The molecule has 136 valence electrons. The lowest BCUT2D eigenvalue weighted by molar-refractivity contribution is 0.0952. The molecular weight excluding hydrogens is 342 g/mol. The fourth-order valence-corrected chi connectivity index (χ4v) is 3.30. The van der Waals surface area contributed by atoms with Crippen LogP contribution < -0.4 is 10.9 Å². The third-order valence-corrected chi connectivity index (χ3v) is 4.94. The first-order chi connectivity index (χ1) is 13.1. The van der Waals surface area contributed by atoms with Gasteiger partial charge in [-0.3, -0.25) is 9.59 Å². The first kappa shape index (κ1) is 17.0. The summed E-state index contributed by atoms with van der Waals surface area (Å²) in [4.78, 5) is 34.6. The summed E-state index contributed by atoms with van der Waals surface area (Å²) in [5, 5.41) is 12.9. The largest absolute Gasteiger partial charge is 0.358 e. The fraction of sp³-hybridized carbons (Fsp3) is 0.300. The van der Waals surface area contributed by atoms with Gasteiger partial charge >= 0.3 is 0 Å². The lowest BCUT2D eigenvalue weighted by Gasteiger charge is -2.06. The van der Waals surface area contributed by atoms with Crippen LogP contribution >= 0.6 is 0 Å². The number of H-pyrrole nitrogens is 2. The van der Waals surface area contributed by atoms with Crippen LogP contribution in [-0.2, 0) is 6.42 Å². The van der Waals surface area contributed by atoms with Crippen molar-refractivity contribution in [1.82, 2.24) is 20.3 Å². The number of hydrogen-bond acceptors (Lipinski definition) is 4. The summed E-state index contributed by atoms with van der Waals surface area (Å²) in [5.41, 5.74) is 3.25. The van der Waals surface area contributed by atoms with Gasteiger partial charge in [0.05, 0.1) is 11.6 Å². The fourth-order valence-electron chi connectivity index (χ4n) is 3.30. The molecule has 1 saturated carbocycles. The van der Waals surface area contributed by atoms with E-state index in [1.54, 1.807) is 6.07 Å². The minimum Gasteiger partial charge on any atom is -0.358 e. The monoisotopic (exact) mass is 361 g/mol. The molecule has 7 heteroatoms. The minimum absolute atomic E-state index is 0.0295. The molecule has 3 aromatic rings. The number of nitrogens with zero attached hydrogens (tertiary/aromatic N) is 2. The van der Waals surface area contributed by atoms with Crippen molar-refractivity contribution in [2.75, 3.05) is 6.54 Å². The Kier molecular flexibility index (Phi) is 4.24. The highest BCUT2D eigenvalue weighted by Crippen LogP contribution is 2.37. The normalized spacial score (nSPS) is 13.5. The number of hydrogen-bond donors (Lipinski definition) is 3. The molecule has 2 aromatic heterocycles. The van der Waals surface area contributed by atoms with Crippen LogP contribution in [0.25, 0.3) is 10.9 Å². The Hall–Kier alpha value is -3.40. The number of carbonyl (C=O) groups excluding carboxylic acids is 1. The van der Waals surface area contributed by atoms with Crippen molar-refractivity contribution < 1.29 is 4.79 Å². The Labute approximate surface area is 155 Å². The molecule has 1 fully saturated rings. The van der Waals surface area contributed by atoms with Crippen molar-refractivity contribution in [1.29, 1.82) is 5.26 Å². The van der Waals surface area contributed by atoms with Gasteiger partial charge in [0.25, 0.3) is 11.5 Å². The van der Waals surface area contributed by atoms with Gasteiger partial charge in [0.15, 0.2) is 0 Å². The van der Waals surface area contributed by atoms with Gasteiger partial charge in [-0.15, -0.1) is 0 Å². The number of aromatic amines is 2. The van der Waals surface area contributed by atoms with Crippen molar-refractivity contribution in [3.63, 3.8) is 0 Å². The van der Waals surface area contributed by atoms with Crippen LogP contribution in [0.15, 0.2) is 29.2 Å². The number of fused-ring (bicyclic) bond motifs is 1. The Morgan fingerprint density at radius 1 is 1.37 bits per heavy atom. The van der Waals surface area contributed by atoms with Gasteiger partial charge in [-0.25, -0.2) is 4.98 Å². The first-order valence-electron chi connectivity index (χ1n) is 8.95. The van der Waals surface area contributed by atoms with Crippen molar-refractivity contribution in [2.45, 2.75) is 32.1 Å². The summed E-state index contributed by atoms with van der Waals surface area (Å²) in [7, 11) is 0. The molecule has 0 radical (unpaired) electrons. The molecule has 1 aliphatic rings. The van der Waals surface area contributed by atoms with Crippen LogP contribution in [0.4, 0.5) is 0 Å². The van der Waals surface area contributed by atoms with E-state index >= 15 is 0 Å². The summed E-state index contributed by atoms with van der Waals surface area (Å²) in [6.07, 6.45) is 4.02. The highest BCUT2D eigenvalue weighted by Gasteiger charge is 2.26. The van der Waals surface area contributed by atoms with Gasteiger partial charge in [0, 0.05) is 35.3 Å². The summed E-state index contributed by atoms with van der Waals surface area (Å²) >= 11 is 0. The Bertz CT molecular complexity index is 1130. The quantitative estimate of drug-likeness (QED) is 0.647. The lowest BCUT2D eigenvalue weighted by Crippen LogP contribution is -2.31. The molecule has 4 rings (SSSR count). The van der Waals surface area contributed by atoms with Gasteiger partial charge in [0.1, 0.15) is 11.4 Å². The SMILES string of the molecule is Cc1[nH]c2ccc(C#N)cc2c1CCNC(=O)c1cnc(C2CC2)[nH]c1=O. The standard InChI is InChI=1S/C20H19N5O2/c1-11-14(15-8-12(9-21)2-5-17(15)24-11)6-7-22-19(26)16-10-23-18(13-3-4-13)25-20(16)27/h2,5,8,10,13,24H,3-4,6-7H2,1H3,(H,22,26)(H,23,25,27). The Balaban J connectivity index is 1.46. The summed E-state index contributed by atoms with van der Waals surface area (Å²) in [5.74, 6) is 0.568. The highest BCUT2D eigenvalue weighted by molar-refractivity contribution is 5.93. The number of nitrogens with one attached hydrogen (secondary N) is 3. The second-order valence-electron chi connectivity index (χ2n) is 6.89. The van der Waals surface area contributed by atoms with Gasteiger partial charge in [0.2, 0.25) is 0 Å². The number of carbonyl (C=O) groups is 1. The van der Waals surface area contributed by atoms with E-state index in [0.717, 1.165) is 35.0 Å². The third kappa shape index (κ3) is 3.34. The summed E-state index contributed by atoms with van der Waals surface area (Å²) in [6.45, 7) is 2.35. The van der Waals surface area contributed by atoms with E-state index in [4.69, 9.17) is 5.26 Å². The molecule has 1 aromatic carbocycles. The molecule has 0 aliphatic heterocycles. The summed E-state index contributed by atoms with van der Waals surface area (Å²) in [6, 6.07) is 7.65. The Morgan fingerprint density at radius 3 is 2.89 bits per heavy atom.